The first-order chi connectivity index (χ1) is 21.8. The van der Waals surface area contributed by atoms with Crippen molar-refractivity contribution in [3.8, 4) is 34.1 Å². The Balaban J connectivity index is 1.50. The highest BCUT2D eigenvalue weighted by molar-refractivity contribution is 5.94. The summed E-state index contributed by atoms with van der Waals surface area (Å²) in [7, 11) is 0. The molecule has 44 heavy (non-hydrogen) atoms. The predicted molar refractivity (Wildman–Crippen MR) is 180 cm³/mol. The van der Waals surface area contributed by atoms with Gasteiger partial charge in [0.2, 0.25) is 0 Å². The summed E-state index contributed by atoms with van der Waals surface area (Å²) in [5.41, 5.74) is 12.8. The number of aromatic nitrogens is 5. The van der Waals surface area contributed by atoms with Gasteiger partial charge in [0.1, 0.15) is 5.69 Å². The molecule has 0 fully saturated rings. The zero-order chi connectivity index (χ0) is 29.3. The van der Waals surface area contributed by atoms with E-state index in [0.29, 0.717) is 5.69 Å². The Morgan fingerprint density at radius 1 is 0.477 bits per heavy atom. The highest BCUT2D eigenvalue weighted by atomic mass is 14.8. The van der Waals surface area contributed by atoms with Crippen LogP contribution in [-0.2, 0) is 0 Å². The van der Waals surface area contributed by atoms with Crippen molar-refractivity contribution in [3.05, 3.63) is 149 Å². The van der Waals surface area contributed by atoms with Gasteiger partial charge in [-0.3, -0.25) is 0 Å². The van der Waals surface area contributed by atoms with Crippen LogP contribution in [0.2, 0.25) is 0 Å². The van der Waals surface area contributed by atoms with Crippen LogP contribution in [0.5, 0.6) is 0 Å². The average molecular weight is 564 g/mol. The van der Waals surface area contributed by atoms with Gasteiger partial charge in [-0.2, -0.15) is 0 Å². The molecule has 8 bridgehead atoms. The summed E-state index contributed by atoms with van der Waals surface area (Å²) in [6.07, 6.45) is 9.93. The lowest BCUT2D eigenvalue weighted by Crippen LogP contribution is -1.91. The van der Waals surface area contributed by atoms with Crippen LogP contribution in [0.4, 0.5) is 0 Å². The molecule has 0 saturated heterocycles. The number of fused-ring (bicyclic) bond motifs is 8. The van der Waals surface area contributed by atoms with Crippen LogP contribution in [0.1, 0.15) is 34.0 Å². The van der Waals surface area contributed by atoms with E-state index < -0.39 is 0 Å². The molecule has 0 aliphatic carbocycles. The molecule has 6 aromatic rings. The number of hydrogen-bond acceptors (Lipinski definition) is 3. The minimum Gasteiger partial charge on any atom is -0.355 e. The van der Waals surface area contributed by atoms with Crippen LogP contribution in [-0.4, -0.2) is 24.9 Å². The third-order valence-corrected chi connectivity index (χ3v) is 7.68. The van der Waals surface area contributed by atoms with Gasteiger partial charge < -0.3 is 9.97 Å². The lowest BCUT2D eigenvalue weighted by atomic mass is 10.0. The molecular formula is C39H25N5. The van der Waals surface area contributed by atoms with Crippen LogP contribution in [0.15, 0.2) is 115 Å². The monoisotopic (exact) mass is 563 g/mol. The van der Waals surface area contributed by atoms with Gasteiger partial charge in [-0.25, -0.2) is 15.0 Å². The number of H-pyrrole nitrogens is 2. The number of rotatable bonds is 2. The summed E-state index contributed by atoms with van der Waals surface area (Å²) in [5.74, 6) is 6.62. The summed E-state index contributed by atoms with van der Waals surface area (Å²) in [5, 5.41) is 0. The van der Waals surface area contributed by atoms with Gasteiger partial charge in [0.05, 0.1) is 28.3 Å². The first kappa shape index (κ1) is 25.5. The Morgan fingerprint density at radius 2 is 1.00 bits per heavy atom. The molecule has 5 nitrogen and oxygen atoms in total. The lowest BCUT2D eigenvalue weighted by molar-refractivity contribution is 1.25. The molecule has 0 amide bonds. The van der Waals surface area contributed by atoms with Crippen molar-refractivity contribution in [1.29, 1.82) is 0 Å². The molecule has 0 saturated carbocycles. The molecule has 2 aliphatic rings. The SMILES string of the molecule is C(#Cc1c2nc(c(-c3ccccc3)c3ccc(cc4ccc([nH]4)c(-c4ccccc4)c4nc1C=C4)[nH]3)C=C2)c1ccccn1. The molecule has 6 heterocycles. The Hall–Kier alpha value is -6.25. The van der Waals surface area contributed by atoms with E-state index >= 15 is 0 Å². The number of nitrogens with zero attached hydrogens (tertiary/aromatic N) is 3. The van der Waals surface area contributed by atoms with Crippen LogP contribution < -0.4 is 0 Å². The summed E-state index contributed by atoms with van der Waals surface area (Å²) >= 11 is 0. The van der Waals surface area contributed by atoms with Gasteiger partial charge in [-0.05, 0) is 83.8 Å². The quantitative estimate of drug-likeness (QED) is 0.207. The van der Waals surface area contributed by atoms with E-state index in [-0.39, 0.29) is 0 Å². The van der Waals surface area contributed by atoms with Gasteiger partial charge in [-0.1, -0.05) is 72.7 Å². The molecule has 8 rings (SSSR count). The van der Waals surface area contributed by atoms with E-state index in [2.05, 4.69) is 93.5 Å². The van der Waals surface area contributed by atoms with Crippen molar-refractivity contribution in [2.45, 2.75) is 0 Å². The van der Waals surface area contributed by atoms with E-state index in [4.69, 9.17) is 9.97 Å². The summed E-state index contributed by atoms with van der Waals surface area (Å²) in [6.45, 7) is 0. The molecule has 5 heteroatoms. The largest absolute Gasteiger partial charge is 0.355 e. The molecule has 206 valence electrons. The molecule has 0 radical (unpaired) electrons. The standard InChI is InChI=1S/C39H25N5/c1-3-9-26(10-4-1)38-34-18-15-29(41-34)25-30-16-19-35(42-30)39(27-11-5-2-6-12-27)37-23-21-33(44-37)31(32-20-22-36(38)43-32)17-14-28-13-7-8-24-40-28/h1-13,15-16,18-25,41-42H. The van der Waals surface area contributed by atoms with Crippen LogP contribution in [0.25, 0.3) is 68.6 Å². The van der Waals surface area contributed by atoms with E-state index in [1.807, 2.05) is 66.7 Å². The molecule has 0 atom stereocenters. The Morgan fingerprint density at radius 3 is 1.52 bits per heavy atom. The van der Waals surface area contributed by atoms with Crippen molar-refractivity contribution < 1.29 is 0 Å². The fraction of sp³-hybridized carbons (Fsp3) is 0. The van der Waals surface area contributed by atoms with Gasteiger partial charge in [0.15, 0.2) is 0 Å². The minimum absolute atomic E-state index is 0.688. The molecule has 2 aliphatic heterocycles. The number of benzene rings is 2. The summed E-state index contributed by atoms with van der Waals surface area (Å²) in [4.78, 5) is 22.0. The maximum Gasteiger partial charge on any atom is 0.113 e. The third-order valence-electron chi connectivity index (χ3n) is 7.68. The molecule has 0 spiro atoms. The highest BCUT2D eigenvalue weighted by Crippen LogP contribution is 2.33. The first-order valence-electron chi connectivity index (χ1n) is 14.5. The van der Waals surface area contributed by atoms with Crippen molar-refractivity contribution in [1.82, 2.24) is 24.9 Å². The summed E-state index contributed by atoms with van der Waals surface area (Å²) < 4.78 is 0. The molecule has 2 N–H and O–H groups in total. The molecular weight excluding hydrogens is 538 g/mol. The van der Waals surface area contributed by atoms with Crippen molar-refractivity contribution in [2.75, 3.05) is 0 Å². The second-order valence-corrected chi connectivity index (χ2v) is 10.6. The first-order valence-corrected chi connectivity index (χ1v) is 14.5. The normalized spacial score (nSPS) is 11.7. The fourth-order valence-electron chi connectivity index (χ4n) is 5.65. The van der Waals surface area contributed by atoms with Gasteiger partial charge in [0, 0.05) is 39.4 Å². The maximum absolute atomic E-state index is 5.17. The minimum atomic E-state index is 0.688. The topological polar surface area (TPSA) is 70.2 Å². The van der Waals surface area contributed by atoms with E-state index in [0.717, 1.165) is 72.7 Å². The maximum atomic E-state index is 5.17. The number of nitrogens with one attached hydrogen (secondary N) is 2. The summed E-state index contributed by atoms with van der Waals surface area (Å²) in [6, 6.07) is 37.0. The van der Waals surface area contributed by atoms with E-state index in [1.54, 1.807) is 6.20 Å². The Labute approximate surface area is 254 Å². The second-order valence-electron chi connectivity index (χ2n) is 10.6. The van der Waals surface area contributed by atoms with Crippen molar-refractivity contribution >= 4 is 46.4 Å². The smallest absolute Gasteiger partial charge is 0.113 e. The Kier molecular flexibility index (Phi) is 6.29. The fourth-order valence-corrected chi connectivity index (χ4v) is 5.65. The second kappa shape index (κ2) is 10.9. The highest BCUT2D eigenvalue weighted by Gasteiger charge is 2.16. The third kappa shape index (κ3) is 4.81. The molecule has 4 aromatic heterocycles. The van der Waals surface area contributed by atoms with Crippen LogP contribution in [0.3, 0.4) is 0 Å². The molecule has 2 aromatic carbocycles. The Bertz CT molecular complexity index is 2180. The van der Waals surface area contributed by atoms with Gasteiger partial charge in [-0.15, -0.1) is 0 Å². The van der Waals surface area contributed by atoms with E-state index in [9.17, 15) is 0 Å². The van der Waals surface area contributed by atoms with Crippen molar-refractivity contribution in [3.63, 3.8) is 0 Å². The average Bonchev–Trinajstić information content (AvgIpc) is 3.90. The van der Waals surface area contributed by atoms with Crippen LogP contribution in [0, 0.1) is 11.8 Å². The van der Waals surface area contributed by atoms with Crippen LogP contribution >= 0.6 is 0 Å². The predicted octanol–water partition coefficient (Wildman–Crippen LogP) is 8.78. The van der Waals surface area contributed by atoms with Crippen molar-refractivity contribution in [2.24, 2.45) is 0 Å². The van der Waals surface area contributed by atoms with Gasteiger partial charge in [0.25, 0.3) is 0 Å². The van der Waals surface area contributed by atoms with Gasteiger partial charge >= 0.3 is 0 Å². The number of aromatic amines is 2. The molecule has 0 unspecified atom stereocenters. The lowest BCUT2D eigenvalue weighted by Gasteiger charge is -2.04. The van der Waals surface area contributed by atoms with E-state index in [1.165, 1.54) is 0 Å². The zero-order valence-electron chi connectivity index (χ0n) is 23.6. The zero-order valence-corrected chi connectivity index (χ0v) is 23.6. The number of hydrogen-bond donors (Lipinski definition) is 2. The number of pyridine rings is 1.